The van der Waals surface area contributed by atoms with Crippen molar-refractivity contribution < 1.29 is 9.53 Å². The second-order valence-electron chi connectivity index (χ2n) is 5.06. The van der Waals surface area contributed by atoms with Gasteiger partial charge in [0.2, 0.25) is 0 Å². The molecule has 3 nitrogen and oxygen atoms in total. The van der Waals surface area contributed by atoms with Crippen molar-refractivity contribution in [2.45, 2.75) is 12.2 Å². The first-order valence-corrected chi connectivity index (χ1v) is 6.96. The fraction of sp³-hybridized carbons (Fsp3) is 0.167. The Hall–Kier alpha value is -2.39. The van der Waals surface area contributed by atoms with Crippen LogP contribution in [0.15, 0.2) is 66.9 Å². The van der Waals surface area contributed by atoms with Gasteiger partial charge in [-0.1, -0.05) is 60.7 Å². The van der Waals surface area contributed by atoms with Crippen molar-refractivity contribution in [3.8, 4) is 0 Å². The van der Waals surface area contributed by atoms with Crippen LogP contribution in [0.1, 0.15) is 17.2 Å². The largest absolute Gasteiger partial charge is 0.354 e. The van der Waals surface area contributed by atoms with E-state index in [4.69, 9.17) is 4.74 Å². The van der Waals surface area contributed by atoms with Gasteiger partial charge in [-0.2, -0.15) is 0 Å². The molecule has 0 aliphatic carbocycles. The van der Waals surface area contributed by atoms with Gasteiger partial charge < -0.3 is 9.64 Å². The van der Waals surface area contributed by atoms with Gasteiger partial charge in [-0.05, 0) is 17.2 Å². The second kappa shape index (κ2) is 5.94. The minimum Gasteiger partial charge on any atom is -0.354 e. The molecule has 0 saturated carbocycles. The Morgan fingerprint density at radius 2 is 1.67 bits per heavy atom. The Morgan fingerprint density at radius 3 is 2.33 bits per heavy atom. The summed E-state index contributed by atoms with van der Waals surface area (Å²) in [5.74, 6) is -0.0176. The van der Waals surface area contributed by atoms with E-state index in [1.807, 2.05) is 66.7 Å². The first-order valence-electron chi connectivity index (χ1n) is 6.96. The number of nitrogens with zero attached hydrogens (tertiary/aromatic N) is 1. The fourth-order valence-electron chi connectivity index (χ4n) is 2.23. The summed E-state index contributed by atoms with van der Waals surface area (Å²) in [6.07, 6.45) is 3.23. The first kappa shape index (κ1) is 13.6. The zero-order valence-electron chi connectivity index (χ0n) is 11.8. The first-order chi connectivity index (χ1) is 10.3. The summed E-state index contributed by atoms with van der Waals surface area (Å²) in [6.45, 7) is 0. The van der Waals surface area contributed by atoms with E-state index in [9.17, 15) is 4.79 Å². The van der Waals surface area contributed by atoms with Crippen molar-refractivity contribution in [3.05, 3.63) is 78.0 Å². The molecule has 106 valence electrons. The minimum absolute atomic E-state index is 0.0176. The highest BCUT2D eigenvalue weighted by molar-refractivity contribution is 5.85. The van der Waals surface area contributed by atoms with Crippen molar-refractivity contribution in [3.63, 3.8) is 0 Å². The van der Waals surface area contributed by atoms with Gasteiger partial charge in [0.05, 0.1) is 0 Å². The third-order valence-corrected chi connectivity index (χ3v) is 3.50. The molecule has 1 heterocycles. The highest BCUT2D eigenvalue weighted by Crippen LogP contribution is 2.39. The molecule has 21 heavy (non-hydrogen) atoms. The van der Waals surface area contributed by atoms with Crippen LogP contribution in [0, 0.1) is 0 Å². The fourth-order valence-corrected chi connectivity index (χ4v) is 2.23. The van der Waals surface area contributed by atoms with Gasteiger partial charge in [0.1, 0.15) is 6.10 Å². The van der Waals surface area contributed by atoms with Gasteiger partial charge >= 0.3 is 0 Å². The van der Waals surface area contributed by atoms with Gasteiger partial charge in [0.15, 0.2) is 6.10 Å². The molecule has 1 aliphatic heterocycles. The van der Waals surface area contributed by atoms with Crippen LogP contribution in [0.25, 0.3) is 6.08 Å². The number of carbonyl (C=O) groups is 1. The molecule has 2 aromatic rings. The average molecular weight is 279 g/mol. The zero-order chi connectivity index (χ0) is 14.7. The molecule has 0 N–H and O–H groups in total. The monoisotopic (exact) mass is 279 g/mol. The summed E-state index contributed by atoms with van der Waals surface area (Å²) in [6, 6.07) is 19.7. The Balaban J connectivity index is 1.60. The summed E-state index contributed by atoms with van der Waals surface area (Å²) in [5.41, 5.74) is 2.12. The van der Waals surface area contributed by atoms with E-state index in [0.29, 0.717) is 0 Å². The maximum absolute atomic E-state index is 12.3. The van der Waals surface area contributed by atoms with E-state index in [1.54, 1.807) is 18.1 Å². The van der Waals surface area contributed by atoms with E-state index in [-0.39, 0.29) is 18.1 Å². The van der Waals surface area contributed by atoms with Crippen LogP contribution in [0.5, 0.6) is 0 Å². The molecule has 0 aromatic heterocycles. The zero-order valence-corrected chi connectivity index (χ0v) is 11.8. The van der Waals surface area contributed by atoms with Gasteiger partial charge in [-0.15, -0.1) is 0 Å². The third kappa shape index (κ3) is 3.20. The Morgan fingerprint density at radius 1 is 1.05 bits per heavy atom. The Bertz CT molecular complexity index is 637. The van der Waals surface area contributed by atoms with Crippen LogP contribution >= 0.6 is 0 Å². The number of hydrogen-bond acceptors (Lipinski definition) is 2. The van der Waals surface area contributed by atoms with Crippen molar-refractivity contribution in [2.24, 2.45) is 0 Å². The van der Waals surface area contributed by atoms with Crippen molar-refractivity contribution >= 4 is 12.0 Å². The molecule has 1 fully saturated rings. The van der Waals surface area contributed by atoms with Crippen LogP contribution in [0.2, 0.25) is 0 Å². The SMILES string of the molecule is CN(/C=C\c1ccccc1)C(=O)[C@@H]1O[C@@H]1c1ccccc1. The van der Waals surface area contributed by atoms with Gasteiger partial charge in [0, 0.05) is 13.2 Å². The molecule has 0 bridgehead atoms. The lowest BCUT2D eigenvalue weighted by molar-refractivity contribution is -0.128. The lowest BCUT2D eigenvalue weighted by Gasteiger charge is -2.10. The highest BCUT2D eigenvalue weighted by atomic mass is 16.6. The third-order valence-electron chi connectivity index (χ3n) is 3.50. The smallest absolute Gasteiger partial charge is 0.258 e. The van der Waals surface area contributed by atoms with Crippen molar-refractivity contribution in [1.29, 1.82) is 0 Å². The highest BCUT2D eigenvalue weighted by Gasteiger charge is 2.46. The maximum Gasteiger partial charge on any atom is 0.258 e. The van der Waals surface area contributed by atoms with E-state index in [0.717, 1.165) is 11.1 Å². The summed E-state index contributed by atoms with van der Waals surface area (Å²) in [4.78, 5) is 13.8. The van der Waals surface area contributed by atoms with E-state index >= 15 is 0 Å². The average Bonchev–Trinajstić information content (AvgIpc) is 3.34. The molecule has 0 unspecified atom stereocenters. The van der Waals surface area contributed by atoms with Crippen LogP contribution < -0.4 is 0 Å². The molecular formula is C18H17NO2. The molecule has 1 amide bonds. The Labute approximate surface area is 124 Å². The second-order valence-corrected chi connectivity index (χ2v) is 5.06. The molecule has 2 atom stereocenters. The molecule has 1 aliphatic rings. The maximum atomic E-state index is 12.3. The van der Waals surface area contributed by atoms with Crippen LogP contribution in [-0.4, -0.2) is 24.0 Å². The van der Waals surface area contributed by atoms with Gasteiger partial charge in [0.25, 0.3) is 5.91 Å². The summed E-state index contributed by atoms with van der Waals surface area (Å²) < 4.78 is 5.51. The molecule has 0 radical (unpaired) electrons. The molecule has 3 rings (SSSR count). The lowest BCUT2D eigenvalue weighted by atomic mass is 10.1. The number of rotatable bonds is 4. The Kier molecular flexibility index (Phi) is 3.84. The van der Waals surface area contributed by atoms with E-state index in [2.05, 4.69) is 0 Å². The number of carbonyl (C=O) groups excluding carboxylic acids is 1. The molecule has 2 aromatic carbocycles. The predicted molar refractivity (Wildman–Crippen MR) is 82.3 cm³/mol. The molecule has 1 saturated heterocycles. The normalized spacial score (nSPS) is 20.4. The van der Waals surface area contributed by atoms with Crippen LogP contribution in [0.4, 0.5) is 0 Å². The number of benzene rings is 2. The van der Waals surface area contributed by atoms with Gasteiger partial charge in [-0.3, -0.25) is 4.79 Å². The number of ether oxygens (including phenoxy) is 1. The van der Waals surface area contributed by atoms with Crippen molar-refractivity contribution in [1.82, 2.24) is 4.90 Å². The topological polar surface area (TPSA) is 32.8 Å². The number of amides is 1. The quantitative estimate of drug-likeness (QED) is 0.805. The molecule has 0 spiro atoms. The number of likely N-dealkylation sites (N-methyl/N-ethyl adjacent to an activating group) is 1. The minimum atomic E-state index is -0.363. The summed E-state index contributed by atoms with van der Waals surface area (Å²) in [7, 11) is 1.76. The van der Waals surface area contributed by atoms with E-state index in [1.165, 1.54) is 0 Å². The summed E-state index contributed by atoms with van der Waals surface area (Å²) in [5, 5.41) is 0. The number of epoxide rings is 1. The van der Waals surface area contributed by atoms with Crippen molar-refractivity contribution in [2.75, 3.05) is 7.05 Å². The lowest BCUT2D eigenvalue weighted by Crippen LogP contribution is -2.26. The van der Waals surface area contributed by atoms with Crippen LogP contribution in [0.3, 0.4) is 0 Å². The molecule has 3 heteroatoms. The van der Waals surface area contributed by atoms with E-state index < -0.39 is 0 Å². The molecular weight excluding hydrogens is 262 g/mol. The van der Waals surface area contributed by atoms with Gasteiger partial charge in [-0.25, -0.2) is 0 Å². The van der Waals surface area contributed by atoms with Crippen LogP contribution in [-0.2, 0) is 9.53 Å². The standard InChI is InChI=1S/C18H17NO2/c1-19(13-12-14-8-4-2-5-9-14)18(20)17-16(21-17)15-10-6-3-7-11-15/h2-13,16-17H,1H3/b13-12-/t16-,17-/m1/s1. The predicted octanol–water partition coefficient (Wildman–Crippen LogP) is 3.26. The number of hydrogen-bond donors (Lipinski definition) is 0. The summed E-state index contributed by atoms with van der Waals surface area (Å²) >= 11 is 0.